The first-order valence-corrected chi connectivity index (χ1v) is 8.48. The van der Waals surface area contributed by atoms with Crippen molar-refractivity contribution in [2.45, 2.75) is 38.5 Å². The minimum atomic E-state index is -0.0891. The Balaban J connectivity index is 1.57. The van der Waals surface area contributed by atoms with E-state index in [4.69, 9.17) is 4.74 Å². The summed E-state index contributed by atoms with van der Waals surface area (Å²) < 4.78 is 8.29. The lowest BCUT2D eigenvalue weighted by Crippen LogP contribution is -2.39. The Bertz CT molecular complexity index is 751. The van der Waals surface area contributed by atoms with E-state index in [2.05, 4.69) is 27.9 Å². The second-order valence-corrected chi connectivity index (χ2v) is 6.39. The highest BCUT2D eigenvalue weighted by atomic mass is 16.5. The molecule has 1 amide bonds. The van der Waals surface area contributed by atoms with Gasteiger partial charge in [-0.1, -0.05) is 6.08 Å². The zero-order valence-electron chi connectivity index (χ0n) is 13.6. The van der Waals surface area contributed by atoms with Crippen LogP contribution in [0.5, 0.6) is 5.75 Å². The largest absolute Gasteiger partial charge is 0.485 e. The molecule has 124 valence electrons. The molecule has 24 heavy (non-hydrogen) atoms. The molecule has 2 aromatic heterocycles. The number of carbonyl (C=O) groups is 1. The number of rotatable bonds is 3. The standard InChI is InChI=1S/C19H21N3O2/c23-19(15-5-1-2-6-15)22-12-16-7-4-10-21(16)13-18(14-22)24-17-8-3-9-20-11-17/h3-5,7-11,18H,1-2,6,12-14H2/t18-/m1/s1. The van der Waals surface area contributed by atoms with Gasteiger partial charge in [0.05, 0.1) is 25.8 Å². The molecule has 0 N–H and O–H groups in total. The molecule has 4 rings (SSSR count). The molecule has 0 unspecified atom stereocenters. The van der Waals surface area contributed by atoms with Crippen molar-refractivity contribution in [1.82, 2.24) is 14.5 Å². The molecule has 5 nitrogen and oxygen atoms in total. The molecule has 1 aliphatic carbocycles. The number of aromatic nitrogens is 2. The van der Waals surface area contributed by atoms with Crippen molar-refractivity contribution in [2.75, 3.05) is 6.54 Å². The highest BCUT2D eigenvalue weighted by Crippen LogP contribution is 2.23. The lowest BCUT2D eigenvalue weighted by atomic mass is 10.2. The number of pyridine rings is 1. The monoisotopic (exact) mass is 323 g/mol. The first-order chi connectivity index (χ1) is 11.8. The van der Waals surface area contributed by atoms with Crippen LogP contribution in [-0.2, 0) is 17.9 Å². The number of allylic oxidation sites excluding steroid dienone is 1. The minimum Gasteiger partial charge on any atom is -0.485 e. The van der Waals surface area contributed by atoms with E-state index in [1.54, 1.807) is 12.4 Å². The average molecular weight is 323 g/mol. The SMILES string of the molecule is O=C(C1=CCCC1)N1Cc2cccn2C[C@@H](Oc2cccnc2)C1. The van der Waals surface area contributed by atoms with E-state index in [0.717, 1.165) is 42.8 Å². The molecule has 2 aromatic rings. The second-order valence-electron chi connectivity index (χ2n) is 6.39. The molecule has 1 atom stereocenters. The second kappa shape index (κ2) is 6.51. The molecule has 2 aliphatic rings. The van der Waals surface area contributed by atoms with Crippen molar-refractivity contribution in [3.8, 4) is 5.75 Å². The fourth-order valence-corrected chi connectivity index (χ4v) is 3.46. The van der Waals surface area contributed by atoms with E-state index in [-0.39, 0.29) is 12.0 Å². The Morgan fingerprint density at radius 1 is 1.25 bits per heavy atom. The van der Waals surface area contributed by atoms with Crippen molar-refractivity contribution in [3.05, 3.63) is 60.2 Å². The molecule has 0 aromatic carbocycles. The van der Waals surface area contributed by atoms with E-state index in [0.29, 0.717) is 13.1 Å². The lowest BCUT2D eigenvalue weighted by molar-refractivity contribution is -0.128. The molecule has 5 heteroatoms. The van der Waals surface area contributed by atoms with Crippen molar-refractivity contribution >= 4 is 5.91 Å². The van der Waals surface area contributed by atoms with Gasteiger partial charge in [-0.3, -0.25) is 9.78 Å². The molecular formula is C19H21N3O2. The molecule has 0 saturated carbocycles. The highest BCUT2D eigenvalue weighted by Gasteiger charge is 2.28. The summed E-state index contributed by atoms with van der Waals surface area (Å²) in [5, 5.41) is 0. The fraction of sp³-hybridized carbons (Fsp3) is 0.368. The summed E-state index contributed by atoms with van der Waals surface area (Å²) in [6.07, 6.45) is 10.5. The predicted molar refractivity (Wildman–Crippen MR) is 90.4 cm³/mol. The van der Waals surface area contributed by atoms with Crippen LogP contribution < -0.4 is 4.74 Å². The molecule has 0 spiro atoms. The maximum atomic E-state index is 12.9. The van der Waals surface area contributed by atoms with Gasteiger partial charge in [-0.25, -0.2) is 0 Å². The number of carbonyl (C=O) groups excluding carboxylic acids is 1. The summed E-state index contributed by atoms with van der Waals surface area (Å²) in [5.41, 5.74) is 2.11. The van der Waals surface area contributed by atoms with Crippen molar-refractivity contribution in [3.63, 3.8) is 0 Å². The van der Waals surface area contributed by atoms with E-state index in [9.17, 15) is 4.79 Å². The Labute approximate surface area is 141 Å². The summed E-state index contributed by atoms with van der Waals surface area (Å²) in [5.74, 6) is 0.896. The van der Waals surface area contributed by atoms with Crippen LogP contribution in [0.1, 0.15) is 25.0 Å². The zero-order chi connectivity index (χ0) is 16.4. The van der Waals surface area contributed by atoms with Gasteiger partial charge in [0.25, 0.3) is 0 Å². The molecule has 0 fully saturated rings. The fourth-order valence-electron chi connectivity index (χ4n) is 3.46. The van der Waals surface area contributed by atoms with Gasteiger partial charge in [0.2, 0.25) is 5.91 Å². The van der Waals surface area contributed by atoms with Crippen molar-refractivity contribution < 1.29 is 9.53 Å². The number of nitrogens with zero attached hydrogens (tertiary/aromatic N) is 3. The third-order valence-corrected chi connectivity index (χ3v) is 4.64. The molecule has 1 aliphatic heterocycles. The van der Waals surface area contributed by atoms with E-state index < -0.39 is 0 Å². The highest BCUT2D eigenvalue weighted by molar-refractivity contribution is 5.93. The van der Waals surface area contributed by atoms with Gasteiger partial charge in [0.1, 0.15) is 11.9 Å². The average Bonchev–Trinajstić information content (AvgIpc) is 3.24. The molecular weight excluding hydrogens is 302 g/mol. The first kappa shape index (κ1) is 15.0. The van der Waals surface area contributed by atoms with Gasteiger partial charge in [0, 0.05) is 23.7 Å². The number of fused-ring (bicyclic) bond motifs is 1. The number of hydrogen-bond donors (Lipinski definition) is 0. The Morgan fingerprint density at radius 2 is 2.21 bits per heavy atom. The quantitative estimate of drug-likeness (QED) is 0.872. The number of amides is 1. The normalized spacial score (nSPS) is 20.2. The van der Waals surface area contributed by atoms with Crippen LogP contribution in [0, 0.1) is 0 Å². The van der Waals surface area contributed by atoms with Crippen LogP contribution >= 0.6 is 0 Å². The van der Waals surface area contributed by atoms with Gasteiger partial charge in [-0.05, 0) is 43.5 Å². The summed E-state index contributed by atoms with van der Waals surface area (Å²) in [4.78, 5) is 18.9. The smallest absolute Gasteiger partial charge is 0.249 e. The molecule has 0 bridgehead atoms. The third kappa shape index (κ3) is 3.07. The summed E-state index contributed by atoms with van der Waals surface area (Å²) in [6, 6.07) is 7.87. The summed E-state index contributed by atoms with van der Waals surface area (Å²) >= 11 is 0. The van der Waals surface area contributed by atoms with Gasteiger partial charge in [-0.15, -0.1) is 0 Å². The first-order valence-electron chi connectivity index (χ1n) is 8.48. The Morgan fingerprint density at radius 3 is 3.00 bits per heavy atom. The topological polar surface area (TPSA) is 47.4 Å². The molecule has 0 saturated heterocycles. The lowest BCUT2D eigenvalue weighted by Gasteiger charge is -2.25. The van der Waals surface area contributed by atoms with E-state index >= 15 is 0 Å². The summed E-state index contributed by atoms with van der Waals surface area (Å²) in [7, 11) is 0. The minimum absolute atomic E-state index is 0.0891. The maximum absolute atomic E-state index is 12.9. The Kier molecular flexibility index (Phi) is 4.07. The van der Waals surface area contributed by atoms with Crippen LogP contribution in [0.15, 0.2) is 54.5 Å². The van der Waals surface area contributed by atoms with Crippen LogP contribution in [0.4, 0.5) is 0 Å². The maximum Gasteiger partial charge on any atom is 0.249 e. The molecule has 0 radical (unpaired) electrons. The Hall–Kier alpha value is -2.56. The zero-order valence-corrected chi connectivity index (χ0v) is 13.6. The van der Waals surface area contributed by atoms with Crippen LogP contribution in [-0.4, -0.2) is 33.0 Å². The van der Waals surface area contributed by atoms with Crippen molar-refractivity contribution in [2.24, 2.45) is 0 Å². The van der Waals surface area contributed by atoms with E-state index in [1.807, 2.05) is 23.1 Å². The predicted octanol–water partition coefficient (Wildman–Crippen LogP) is 2.78. The van der Waals surface area contributed by atoms with E-state index in [1.165, 1.54) is 0 Å². The van der Waals surface area contributed by atoms with Crippen molar-refractivity contribution in [1.29, 1.82) is 0 Å². The number of hydrogen-bond acceptors (Lipinski definition) is 3. The van der Waals surface area contributed by atoms with Gasteiger partial charge >= 0.3 is 0 Å². The van der Waals surface area contributed by atoms with Gasteiger partial charge < -0.3 is 14.2 Å². The molecule has 3 heterocycles. The van der Waals surface area contributed by atoms with Crippen LogP contribution in [0.3, 0.4) is 0 Å². The summed E-state index contributed by atoms with van der Waals surface area (Å²) in [6.45, 7) is 1.96. The third-order valence-electron chi connectivity index (χ3n) is 4.64. The number of ether oxygens (including phenoxy) is 1. The van der Waals surface area contributed by atoms with Crippen LogP contribution in [0.25, 0.3) is 0 Å². The van der Waals surface area contributed by atoms with Gasteiger partial charge in [0.15, 0.2) is 0 Å². The van der Waals surface area contributed by atoms with Gasteiger partial charge in [-0.2, -0.15) is 0 Å². The van der Waals surface area contributed by atoms with Crippen LogP contribution in [0.2, 0.25) is 0 Å².